The molecule has 88 valence electrons. The predicted octanol–water partition coefficient (Wildman–Crippen LogP) is 1.95. The van der Waals surface area contributed by atoms with E-state index < -0.39 is 0 Å². The second kappa shape index (κ2) is 5.75. The van der Waals surface area contributed by atoms with Crippen molar-refractivity contribution in [3.63, 3.8) is 0 Å². The van der Waals surface area contributed by atoms with Crippen molar-refractivity contribution in [2.45, 2.75) is 6.92 Å². The van der Waals surface area contributed by atoms with Gasteiger partial charge in [-0.3, -0.25) is 4.79 Å². The molecule has 0 aliphatic heterocycles. The number of phenols is 2. The molecule has 0 spiro atoms. The second-order valence-corrected chi connectivity index (χ2v) is 4.04. The molecule has 0 saturated carbocycles. The molecule has 0 aliphatic rings. The number of benzene rings is 1. The minimum absolute atomic E-state index is 0.0368. The standard InChI is InChI=1S/C11H14BrNO3/c1-2-13(7-6-12)11(16)10-8(14)4-3-5-9(10)15/h3-5,14-15H,2,6-7H2,1H3. The lowest BCUT2D eigenvalue weighted by Gasteiger charge is -2.20. The Bertz CT molecular complexity index is 361. The molecule has 0 bridgehead atoms. The number of aromatic hydroxyl groups is 2. The first-order valence-electron chi connectivity index (χ1n) is 4.98. The van der Waals surface area contributed by atoms with E-state index in [9.17, 15) is 15.0 Å². The third-order valence-electron chi connectivity index (χ3n) is 2.26. The number of halogens is 1. The Morgan fingerprint density at radius 3 is 2.38 bits per heavy atom. The Balaban J connectivity index is 3.03. The largest absolute Gasteiger partial charge is 0.507 e. The van der Waals surface area contributed by atoms with E-state index in [0.29, 0.717) is 18.4 Å². The Labute approximate surface area is 103 Å². The van der Waals surface area contributed by atoms with Crippen LogP contribution in [0, 0.1) is 0 Å². The number of phenolic OH excluding ortho intramolecular Hbond substituents is 2. The van der Waals surface area contributed by atoms with E-state index >= 15 is 0 Å². The molecule has 2 N–H and O–H groups in total. The van der Waals surface area contributed by atoms with Crippen molar-refractivity contribution < 1.29 is 15.0 Å². The van der Waals surface area contributed by atoms with Crippen molar-refractivity contribution in [3.05, 3.63) is 23.8 Å². The van der Waals surface area contributed by atoms with Crippen molar-refractivity contribution in [2.24, 2.45) is 0 Å². The van der Waals surface area contributed by atoms with Gasteiger partial charge in [0.05, 0.1) is 0 Å². The Morgan fingerprint density at radius 2 is 1.94 bits per heavy atom. The summed E-state index contributed by atoms with van der Waals surface area (Å²) in [6, 6.07) is 4.26. The van der Waals surface area contributed by atoms with Gasteiger partial charge in [-0.05, 0) is 19.1 Å². The highest BCUT2D eigenvalue weighted by Crippen LogP contribution is 2.27. The van der Waals surface area contributed by atoms with Gasteiger partial charge in [0.1, 0.15) is 17.1 Å². The molecule has 4 nitrogen and oxygen atoms in total. The van der Waals surface area contributed by atoms with Gasteiger partial charge >= 0.3 is 0 Å². The third-order valence-corrected chi connectivity index (χ3v) is 2.61. The molecule has 0 aliphatic carbocycles. The first kappa shape index (κ1) is 12.8. The van der Waals surface area contributed by atoms with E-state index in [0.717, 1.165) is 0 Å². The molecule has 16 heavy (non-hydrogen) atoms. The molecule has 0 heterocycles. The average Bonchev–Trinajstić information content (AvgIpc) is 2.25. The molecule has 1 rings (SSSR count). The topological polar surface area (TPSA) is 60.8 Å². The van der Waals surface area contributed by atoms with Crippen molar-refractivity contribution in [1.29, 1.82) is 0 Å². The van der Waals surface area contributed by atoms with Crippen LogP contribution in [0.1, 0.15) is 17.3 Å². The van der Waals surface area contributed by atoms with Crippen LogP contribution < -0.4 is 0 Å². The molecule has 1 aromatic rings. The number of rotatable bonds is 4. The molecule has 0 aromatic heterocycles. The van der Waals surface area contributed by atoms with Gasteiger partial charge in [-0.2, -0.15) is 0 Å². The van der Waals surface area contributed by atoms with Gasteiger partial charge in [0.15, 0.2) is 0 Å². The maximum atomic E-state index is 12.0. The van der Waals surface area contributed by atoms with Crippen LogP contribution in [0.5, 0.6) is 11.5 Å². The summed E-state index contributed by atoms with van der Waals surface area (Å²) in [4.78, 5) is 13.5. The van der Waals surface area contributed by atoms with E-state index in [1.54, 1.807) is 4.90 Å². The quantitative estimate of drug-likeness (QED) is 0.833. The normalized spacial score (nSPS) is 10.1. The van der Waals surface area contributed by atoms with Gasteiger partial charge in [-0.15, -0.1) is 0 Å². The number of hydrogen-bond acceptors (Lipinski definition) is 3. The lowest BCUT2D eigenvalue weighted by atomic mass is 10.1. The molecule has 0 unspecified atom stereocenters. The van der Waals surface area contributed by atoms with Gasteiger partial charge in [-0.25, -0.2) is 0 Å². The third kappa shape index (κ3) is 2.66. The van der Waals surface area contributed by atoms with E-state index in [-0.39, 0.29) is 23.0 Å². The van der Waals surface area contributed by atoms with E-state index in [1.807, 2.05) is 6.92 Å². The number of amides is 1. The van der Waals surface area contributed by atoms with Crippen LogP contribution in [-0.4, -0.2) is 39.4 Å². The fraction of sp³-hybridized carbons (Fsp3) is 0.364. The maximum Gasteiger partial charge on any atom is 0.261 e. The van der Waals surface area contributed by atoms with Crippen molar-refractivity contribution >= 4 is 21.8 Å². The van der Waals surface area contributed by atoms with Gasteiger partial charge in [0, 0.05) is 18.4 Å². The summed E-state index contributed by atoms with van der Waals surface area (Å²) < 4.78 is 0. The SMILES string of the molecule is CCN(CCBr)C(=O)c1c(O)cccc1O. The van der Waals surface area contributed by atoms with E-state index in [4.69, 9.17) is 0 Å². The van der Waals surface area contributed by atoms with Crippen LogP contribution >= 0.6 is 15.9 Å². The summed E-state index contributed by atoms with van der Waals surface area (Å²) in [6.45, 7) is 2.90. The number of carbonyl (C=O) groups is 1. The molecule has 5 heteroatoms. The molecule has 0 fully saturated rings. The highest BCUT2D eigenvalue weighted by molar-refractivity contribution is 9.09. The molecule has 1 aromatic carbocycles. The Kier molecular flexibility index (Phi) is 4.61. The lowest BCUT2D eigenvalue weighted by molar-refractivity contribution is 0.0768. The van der Waals surface area contributed by atoms with E-state index in [1.165, 1.54) is 18.2 Å². The van der Waals surface area contributed by atoms with Crippen molar-refractivity contribution in [3.8, 4) is 11.5 Å². The first-order valence-corrected chi connectivity index (χ1v) is 6.10. The first-order chi connectivity index (χ1) is 7.61. The number of carbonyl (C=O) groups excluding carboxylic acids is 1. The summed E-state index contributed by atoms with van der Waals surface area (Å²) in [7, 11) is 0. The predicted molar refractivity (Wildman–Crippen MR) is 65.1 cm³/mol. The maximum absolute atomic E-state index is 12.0. The van der Waals surface area contributed by atoms with Gasteiger partial charge in [-0.1, -0.05) is 22.0 Å². The Hall–Kier alpha value is -1.23. The van der Waals surface area contributed by atoms with Crippen LogP contribution in [0.2, 0.25) is 0 Å². The van der Waals surface area contributed by atoms with E-state index in [2.05, 4.69) is 15.9 Å². The monoisotopic (exact) mass is 287 g/mol. The molecule has 0 radical (unpaired) electrons. The lowest BCUT2D eigenvalue weighted by Crippen LogP contribution is -2.32. The fourth-order valence-corrected chi connectivity index (χ4v) is 1.84. The fourth-order valence-electron chi connectivity index (χ4n) is 1.41. The smallest absolute Gasteiger partial charge is 0.261 e. The van der Waals surface area contributed by atoms with Crippen LogP contribution in [0.25, 0.3) is 0 Å². The van der Waals surface area contributed by atoms with Crippen molar-refractivity contribution in [1.82, 2.24) is 4.90 Å². The summed E-state index contributed by atoms with van der Waals surface area (Å²) in [5.41, 5.74) is -0.0368. The second-order valence-electron chi connectivity index (χ2n) is 3.25. The number of nitrogens with zero attached hydrogens (tertiary/aromatic N) is 1. The zero-order chi connectivity index (χ0) is 12.1. The van der Waals surface area contributed by atoms with Gasteiger partial charge < -0.3 is 15.1 Å². The molecular weight excluding hydrogens is 274 g/mol. The highest BCUT2D eigenvalue weighted by Gasteiger charge is 2.20. The zero-order valence-electron chi connectivity index (χ0n) is 8.98. The number of hydrogen-bond donors (Lipinski definition) is 2. The molecule has 0 saturated heterocycles. The summed E-state index contributed by atoms with van der Waals surface area (Å²) in [5, 5.41) is 19.8. The summed E-state index contributed by atoms with van der Waals surface area (Å²) in [5.74, 6) is -0.756. The summed E-state index contributed by atoms with van der Waals surface area (Å²) in [6.07, 6.45) is 0. The highest BCUT2D eigenvalue weighted by atomic mass is 79.9. The minimum atomic E-state index is -0.363. The Morgan fingerprint density at radius 1 is 1.38 bits per heavy atom. The van der Waals surface area contributed by atoms with Crippen LogP contribution in [0.15, 0.2) is 18.2 Å². The van der Waals surface area contributed by atoms with Crippen LogP contribution in [-0.2, 0) is 0 Å². The van der Waals surface area contributed by atoms with Gasteiger partial charge in [0.2, 0.25) is 0 Å². The van der Waals surface area contributed by atoms with Crippen LogP contribution in [0.3, 0.4) is 0 Å². The average molecular weight is 288 g/mol. The van der Waals surface area contributed by atoms with Crippen LogP contribution in [0.4, 0.5) is 0 Å². The molecule has 0 atom stereocenters. The molecular formula is C11H14BrNO3. The number of alkyl halides is 1. The van der Waals surface area contributed by atoms with Crippen molar-refractivity contribution in [2.75, 3.05) is 18.4 Å². The molecule has 1 amide bonds. The minimum Gasteiger partial charge on any atom is -0.507 e. The zero-order valence-corrected chi connectivity index (χ0v) is 10.6. The van der Waals surface area contributed by atoms with Gasteiger partial charge in [0.25, 0.3) is 5.91 Å². The summed E-state index contributed by atoms with van der Waals surface area (Å²) >= 11 is 3.25.